The van der Waals surface area contributed by atoms with E-state index < -0.39 is 0 Å². The summed E-state index contributed by atoms with van der Waals surface area (Å²) in [5.41, 5.74) is 0. The third kappa shape index (κ3) is 3.55. The van der Waals surface area contributed by atoms with Crippen LogP contribution in [0.4, 0.5) is 0 Å². The van der Waals surface area contributed by atoms with Crippen molar-refractivity contribution in [1.82, 2.24) is 4.90 Å². The van der Waals surface area contributed by atoms with Crippen molar-refractivity contribution in [3.63, 3.8) is 0 Å². The first-order valence-electron chi connectivity index (χ1n) is 4.95. The molecule has 2 atom stereocenters. The number of carbonyl (C=O) groups is 1. The van der Waals surface area contributed by atoms with Crippen LogP contribution in [0.25, 0.3) is 0 Å². The number of hydrogen-bond acceptors (Lipinski definition) is 1. The lowest BCUT2D eigenvalue weighted by molar-refractivity contribution is -0.130. The topological polar surface area (TPSA) is 20.3 Å². The zero-order valence-corrected chi connectivity index (χ0v) is 9.18. The van der Waals surface area contributed by atoms with Crippen molar-refractivity contribution in [2.75, 3.05) is 19.5 Å². The van der Waals surface area contributed by atoms with Gasteiger partial charge in [-0.05, 0) is 24.7 Å². The molecule has 0 spiro atoms. The van der Waals surface area contributed by atoms with Crippen LogP contribution in [0, 0.1) is 11.8 Å². The number of hydrogen-bond donors (Lipinski definition) is 0. The van der Waals surface area contributed by atoms with Crippen LogP contribution in [-0.2, 0) is 4.79 Å². The smallest absolute Gasteiger partial charge is 0.222 e. The molecule has 1 saturated carbocycles. The first kappa shape index (κ1) is 10.8. The Morgan fingerprint density at radius 3 is 2.69 bits per heavy atom. The summed E-state index contributed by atoms with van der Waals surface area (Å²) in [5.74, 6) is 2.40. The van der Waals surface area contributed by atoms with Gasteiger partial charge in [0, 0.05) is 25.9 Å². The lowest BCUT2D eigenvalue weighted by Crippen LogP contribution is -2.28. The summed E-state index contributed by atoms with van der Waals surface area (Å²) < 4.78 is 0. The molecule has 0 bridgehead atoms. The molecular formula is C10H18ClNO. The first-order chi connectivity index (χ1) is 6.15. The van der Waals surface area contributed by atoms with Gasteiger partial charge in [0.25, 0.3) is 0 Å². The molecule has 0 N–H and O–H groups in total. The van der Waals surface area contributed by atoms with Crippen molar-refractivity contribution in [3.8, 4) is 0 Å². The van der Waals surface area contributed by atoms with Crippen molar-refractivity contribution in [2.45, 2.75) is 26.2 Å². The highest BCUT2D eigenvalue weighted by molar-refractivity contribution is 6.17. The van der Waals surface area contributed by atoms with E-state index in [1.165, 1.54) is 6.42 Å². The summed E-state index contributed by atoms with van der Waals surface area (Å²) in [5, 5.41) is 0. The van der Waals surface area contributed by atoms with Gasteiger partial charge >= 0.3 is 0 Å². The molecule has 0 aliphatic heterocycles. The largest absolute Gasteiger partial charge is 0.345 e. The molecule has 1 rings (SSSR count). The Kier molecular flexibility index (Phi) is 4.04. The van der Waals surface area contributed by atoms with Crippen LogP contribution in [0.1, 0.15) is 26.2 Å². The van der Waals surface area contributed by atoms with E-state index in [9.17, 15) is 4.79 Å². The number of halogens is 1. The van der Waals surface area contributed by atoms with Gasteiger partial charge in [-0.25, -0.2) is 0 Å². The summed E-state index contributed by atoms with van der Waals surface area (Å²) in [7, 11) is 1.89. The van der Waals surface area contributed by atoms with Crippen molar-refractivity contribution >= 4 is 17.5 Å². The minimum absolute atomic E-state index is 0.236. The number of rotatable bonds is 5. The number of amides is 1. The second-order valence-electron chi connectivity index (χ2n) is 4.04. The highest BCUT2D eigenvalue weighted by Gasteiger charge is 2.33. The average molecular weight is 204 g/mol. The summed E-state index contributed by atoms with van der Waals surface area (Å²) >= 11 is 5.52. The zero-order chi connectivity index (χ0) is 9.84. The minimum Gasteiger partial charge on any atom is -0.345 e. The number of nitrogens with zero attached hydrogens (tertiary/aromatic N) is 1. The van der Waals surface area contributed by atoms with Gasteiger partial charge in [0.15, 0.2) is 0 Å². The lowest BCUT2D eigenvalue weighted by atomic mass is 10.2. The molecule has 0 saturated heterocycles. The van der Waals surface area contributed by atoms with E-state index in [-0.39, 0.29) is 5.91 Å². The molecule has 0 aromatic heterocycles. The molecule has 0 heterocycles. The van der Waals surface area contributed by atoms with Gasteiger partial charge in [0.05, 0.1) is 0 Å². The molecule has 0 radical (unpaired) electrons. The van der Waals surface area contributed by atoms with Crippen molar-refractivity contribution in [1.29, 1.82) is 0 Å². The number of carbonyl (C=O) groups excluding carboxylic acids is 1. The fourth-order valence-electron chi connectivity index (χ4n) is 1.52. The Labute approximate surface area is 85.2 Å². The second-order valence-corrected chi connectivity index (χ2v) is 4.42. The molecular weight excluding hydrogens is 186 g/mol. The van der Waals surface area contributed by atoms with Crippen LogP contribution in [0.5, 0.6) is 0 Å². The zero-order valence-electron chi connectivity index (χ0n) is 8.42. The Bertz CT molecular complexity index is 184. The molecule has 76 valence electrons. The van der Waals surface area contributed by atoms with Crippen LogP contribution in [-0.4, -0.2) is 30.3 Å². The van der Waals surface area contributed by atoms with Gasteiger partial charge in [-0.15, -0.1) is 11.6 Å². The fourth-order valence-corrected chi connectivity index (χ4v) is 1.65. The third-order valence-corrected chi connectivity index (χ3v) is 3.00. The van der Waals surface area contributed by atoms with Gasteiger partial charge in [0.1, 0.15) is 0 Å². The Morgan fingerprint density at radius 1 is 1.62 bits per heavy atom. The van der Waals surface area contributed by atoms with E-state index in [4.69, 9.17) is 11.6 Å². The molecule has 1 aliphatic carbocycles. The molecule has 1 fully saturated rings. The third-order valence-electron chi connectivity index (χ3n) is 2.73. The van der Waals surface area contributed by atoms with Crippen LogP contribution >= 0.6 is 11.6 Å². The van der Waals surface area contributed by atoms with Gasteiger partial charge in [-0.1, -0.05) is 6.92 Å². The molecule has 1 aliphatic rings. The monoisotopic (exact) mass is 203 g/mol. The van der Waals surface area contributed by atoms with Crippen molar-refractivity contribution < 1.29 is 4.79 Å². The van der Waals surface area contributed by atoms with E-state index in [0.29, 0.717) is 12.3 Å². The Hall–Kier alpha value is -0.240. The number of alkyl halides is 1. The van der Waals surface area contributed by atoms with Crippen LogP contribution < -0.4 is 0 Å². The van der Waals surface area contributed by atoms with Crippen molar-refractivity contribution in [3.05, 3.63) is 0 Å². The van der Waals surface area contributed by atoms with Crippen molar-refractivity contribution in [2.24, 2.45) is 11.8 Å². The maximum absolute atomic E-state index is 11.4. The molecule has 3 heteroatoms. The summed E-state index contributed by atoms with van der Waals surface area (Å²) in [4.78, 5) is 13.3. The molecule has 0 aromatic carbocycles. The summed E-state index contributed by atoms with van der Waals surface area (Å²) in [6.07, 6.45) is 2.68. The summed E-state index contributed by atoms with van der Waals surface area (Å²) in [6, 6.07) is 0. The van der Waals surface area contributed by atoms with Crippen LogP contribution in [0.3, 0.4) is 0 Å². The highest BCUT2D eigenvalue weighted by atomic mass is 35.5. The van der Waals surface area contributed by atoms with Gasteiger partial charge in [-0.2, -0.15) is 0 Å². The fraction of sp³-hybridized carbons (Fsp3) is 0.900. The normalized spacial score (nSPS) is 25.8. The highest BCUT2D eigenvalue weighted by Crippen LogP contribution is 2.37. The van der Waals surface area contributed by atoms with E-state index in [1.807, 2.05) is 11.9 Å². The average Bonchev–Trinajstić information content (AvgIpc) is 2.77. The maximum atomic E-state index is 11.4. The van der Waals surface area contributed by atoms with Gasteiger partial charge < -0.3 is 4.90 Å². The molecule has 2 unspecified atom stereocenters. The maximum Gasteiger partial charge on any atom is 0.222 e. The lowest BCUT2D eigenvalue weighted by Gasteiger charge is -2.16. The van der Waals surface area contributed by atoms with E-state index in [1.54, 1.807) is 0 Å². The Balaban J connectivity index is 2.14. The van der Waals surface area contributed by atoms with Gasteiger partial charge in [0.2, 0.25) is 5.91 Å². The van der Waals surface area contributed by atoms with Crippen LogP contribution in [0.15, 0.2) is 0 Å². The quantitative estimate of drug-likeness (QED) is 0.627. The second kappa shape index (κ2) is 4.85. The minimum atomic E-state index is 0.236. The first-order valence-corrected chi connectivity index (χ1v) is 5.48. The predicted molar refractivity (Wildman–Crippen MR) is 54.9 cm³/mol. The van der Waals surface area contributed by atoms with E-state index in [2.05, 4.69) is 6.92 Å². The standard InChI is InChI=1S/C10H18ClNO/c1-8-6-9(8)7-12(2)10(13)4-3-5-11/h8-9H,3-7H2,1-2H3. The Morgan fingerprint density at radius 2 is 2.23 bits per heavy atom. The SMILES string of the molecule is CC1CC1CN(C)C(=O)CCCCl. The molecule has 1 amide bonds. The molecule has 0 aromatic rings. The molecule has 13 heavy (non-hydrogen) atoms. The molecule has 2 nitrogen and oxygen atoms in total. The van der Waals surface area contributed by atoms with Crippen LogP contribution in [0.2, 0.25) is 0 Å². The van der Waals surface area contributed by atoms with E-state index >= 15 is 0 Å². The van der Waals surface area contributed by atoms with Gasteiger partial charge in [-0.3, -0.25) is 4.79 Å². The van der Waals surface area contributed by atoms with E-state index in [0.717, 1.165) is 24.8 Å². The predicted octanol–water partition coefficient (Wildman–Crippen LogP) is 2.12. The summed E-state index contributed by atoms with van der Waals surface area (Å²) in [6.45, 7) is 3.17.